The van der Waals surface area contributed by atoms with Gasteiger partial charge in [-0.2, -0.15) is 10.2 Å². The molecule has 0 N–H and O–H groups in total. The Morgan fingerprint density at radius 1 is 1.45 bits per heavy atom. The highest BCUT2D eigenvalue weighted by atomic mass is 16.5. The molecule has 5 nitrogen and oxygen atoms in total. The highest BCUT2D eigenvalue weighted by Gasteiger charge is 2.12. The van der Waals surface area contributed by atoms with Crippen molar-refractivity contribution in [2.24, 2.45) is 5.92 Å². The molecule has 0 amide bonds. The fraction of sp³-hybridized carbons (Fsp3) is 0.400. The Kier molecular flexibility index (Phi) is 4.36. The van der Waals surface area contributed by atoms with Crippen LogP contribution in [0, 0.1) is 24.2 Å². The van der Waals surface area contributed by atoms with Gasteiger partial charge in [0.15, 0.2) is 0 Å². The van der Waals surface area contributed by atoms with Gasteiger partial charge in [-0.3, -0.25) is 0 Å². The minimum atomic E-state index is 0.214. The van der Waals surface area contributed by atoms with Crippen LogP contribution in [-0.4, -0.2) is 17.3 Å². The van der Waals surface area contributed by atoms with Gasteiger partial charge in [0, 0.05) is 18.4 Å². The summed E-state index contributed by atoms with van der Waals surface area (Å²) >= 11 is 0. The van der Waals surface area contributed by atoms with Gasteiger partial charge in [0.2, 0.25) is 11.7 Å². The lowest BCUT2D eigenvalue weighted by atomic mass is 10.1. The van der Waals surface area contributed by atoms with Crippen molar-refractivity contribution >= 4 is 0 Å². The number of nitriles is 1. The summed E-state index contributed by atoms with van der Waals surface area (Å²) in [6, 6.07) is 7.90. The molecule has 104 valence electrons. The Morgan fingerprint density at radius 3 is 2.90 bits per heavy atom. The highest BCUT2D eigenvalue weighted by molar-refractivity contribution is 5.58. The van der Waals surface area contributed by atoms with Gasteiger partial charge in [-0.05, 0) is 36.6 Å². The lowest BCUT2D eigenvalue weighted by Gasteiger charge is -2.04. The number of aromatic nitrogens is 2. The first kappa shape index (κ1) is 14.1. The maximum atomic E-state index is 8.65. The van der Waals surface area contributed by atoms with Crippen molar-refractivity contribution < 1.29 is 9.26 Å². The van der Waals surface area contributed by atoms with Crippen LogP contribution in [0.1, 0.15) is 24.8 Å². The molecule has 0 fully saturated rings. The smallest absolute Gasteiger partial charge is 0.227 e. The molecule has 1 atom stereocenters. The van der Waals surface area contributed by atoms with Gasteiger partial charge in [-0.1, -0.05) is 12.1 Å². The molecule has 20 heavy (non-hydrogen) atoms. The van der Waals surface area contributed by atoms with E-state index in [0.29, 0.717) is 24.6 Å². The second kappa shape index (κ2) is 6.20. The molecule has 0 bridgehead atoms. The van der Waals surface area contributed by atoms with Crippen LogP contribution >= 0.6 is 0 Å². The summed E-state index contributed by atoms with van der Waals surface area (Å²) in [7, 11) is 1.64. The first-order valence-corrected chi connectivity index (χ1v) is 6.48. The van der Waals surface area contributed by atoms with Gasteiger partial charge >= 0.3 is 0 Å². The van der Waals surface area contributed by atoms with E-state index in [9.17, 15) is 0 Å². The maximum absolute atomic E-state index is 8.65. The molecule has 0 aliphatic rings. The Bertz CT molecular complexity index is 628. The summed E-state index contributed by atoms with van der Waals surface area (Å²) < 4.78 is 10.5. The normalized spacial score (nSPS) is 11.9. The average molecular weight is 271 g/mol. The number of aryl methyl sites for hydroxylation is 1. The SMILES string of the molecule is COc1ccc(-c2noc(CC(C)CC#N)n2)cc1C. The third-order valence-corrected chi connectivity index (χ3v) is 3.08. The quantitative estimate of drug-likeness (QED) is 0.835. The van der Waals surface area contributed by atoms with Crippen LogP contribution in [0.3, 0.4) is 0 Å². The number of hydrogen-bond acceptors (Lipinski definition) is 5. The van der Waals surface area contributed by atoms with E-state index in [0.717, 1.165) is 16.9 Å². The molecule has 5 heteroatoms. The first-order valence-electron chi connectivity index (χ1n) is 6.48. The molecule has 0 aliphatic carbocycles. The zero-order chi connectivity index (χ0) is 14.5. The van der Waals surface area contributed by atoms with Gasteiger partial charge in [0.1, 0.15) is 5.75 Å². The zero-order valence-corrected chi connectivity index (χ0v) is 11.9. The van der Waals surface area contributed by atoms with E-state index in [1.165, 1.54) is 0 Å². The van der Waals surface area contributed by atoms with Crippen molar-refractivity contribution in [3.63, 3.8) is 0 Å². The van der Waals surface area contributed by atoms with Crippen LogP contribution in [0.25, 0.3) is 11.4 Å². The lowest BCUT2D eigenvalue weighted by molar-refractivity contribution is 0.359. The third-order valence-electron chi connectivity index (χ3n) is 3.08. The number of rotatable bonds is 5. The first-order chi connectivity index (χ1) is 9.63. The van der Waals surface area contributed by atoms with Crippen LogP contribution in [0.5, 0.6) is 5.75 Å². The molecular weight excluding hydrogens is 254 g/mol. The van der Waals surface area contributed by atoms with Gasteiger partial charge in [0.25, 0.3) is 0 Å². The summed E-state index contributed by atoms with van der Waals surface area (Å²) in [6.45, 7) is 3.96. The van der Waals surface area contributed by atoms with E-state index in [1.807, 2.05) is 32.0 Å². The van der Waals surface area contributed by atoms with Crippen LogP contribution in [0.2, 0.25) is 0 Å². The number of methoxy groups -OCH3 is 1. The molecule has 2 aromatic rings. The van der Waals surface area contributed by atoms with E-state index < -0.39 is 0 Å². The summed E-state index contributed by atoms with van der Waals surface area (Å²) in [5.74, 6) is 2.18. The third kappa shape index (κ3) is 3.15. The molecule has 1 aromatic heterocycles. The van der Waals surface area contributed by atoms with E-state index in [1.54, 1.807) is 7.11 Å². The topological polar surface area (TPSA) is 71.9 Å². The Labute approximate surface area is 118 Å². The van der Waals surface area contributed by atoms with Gasteiger partial charge in [-0.25, -0.2) is 0 Å². The number of ether oxygens (including phenoxy) is 1. The Morgan fingerprint density at radius 2 is 2.25 bits per heavy atom. The molecule has 0 radical (unpaired) electrons. The van der Waals surface area contributed by atoms with Crippen molar-refractivity contribution in [3.05, 3.63) is 29.7 Å². The largest absolute Gasteiger partial charge is 0.496 e. The second-order valence-corrected chi connectivity index (χ2v) is 4.87. The van der Waals surface area contributed by atoms with E-state index in [-0.39, 0.29) is 5.92 Å². The number of hydrogen-bond donors (Lipinski definition) is 0. The summed E-state index contributed by atoms with van der Waals surface area (Å²) in [6.07, 6.45) is 1.11. The van der Waals surface area contributed by atoms with Gasteiger partial charge in [0.05, 0.1) is 13.2 Å². The summed E-state index contributed by atoms with van der Waals surface area (Å²) in [4.78, 5) is 4.37. The van der Waals surface area contributed by atoms with E-state index in [2.05, 4.69) is 16.2 Å². The fourth-order valence-corrected chi connectivity index (χ4v) is 2.00. The minimum absolute atomic E-state index is 0.214. The monoisotopic (exact) mass is 271 g/mol. The van der Waals surface area contributed by atoms with Crippen LogP contribution in [0.15, 0.2) is 22.7 Å². The van der Waals surface area contributed by atoms with Gasteiger partial charge < -0.3 is 9.26 Å². The number of benzene rings is 1. The summed E-state index contributed by atoms with van der Waals surface area (Å²) in [5, 5.41) is 12.6. The average Bonchev–Trinajstić information content (AvgIpc) is 2.87. The van der Waals surface area contributed by atoms with E-state index >= 15 is 0 Å². The molecule has 0 saturated heterocycles. The highest BCUT2D eigenvalue weighted by Crippen LogP contribution is 2.24. The molecule has 1 heterocycles. The van der Waals surface area contributed by atoms with Gasteiger partial charge in [-0.15, -0.1) is 0 Å². The fourth-order valence-electron chi connectivity index (χ4n) is 2.00. The van der Waals surface area contributed by atoms with E-state index in [4.69, 9.17) is 14.5 Å². The standard InChI is InChI=1S/C15H17N3O2/c1-10(6-7-16)8-14-17-15(18-20-14)12-4-5-13(19-3)11(2)9-12/h4-5,9-10H,6,8H2,1-3H3. The van der Waals surface area contributed by atoms with Crippen LogP contribution in [-0.2, 0) is 6.42 Å². The molecular formula is C15H17N3O2. The lowest BCUT2D eigenvalue weighted by Crippen LogP contribution is -1.98. The van der Waals surface area contributed by atoms with Crippen LogP contribution < -0.4 is 4.74 Å². The summed E-state index contributed by atoms with van der Waals surface area (Å²) in [5.41, 5.74) is 1.92. The zero-order valence-electron chi connectivity index (χ0n) is 11.9. The Hall–Kier alpha value is -2.35. The Balaban J connectivity index is 2.16. The molecule has 0 aliphatic heterocycles. The minimum Gasteiger partial charge on any atom is -0.496 e. The van der Waals surface area contributed by atoms with Crippen molar-refractivity contribution in [1.29, 1.82) is 5.26 Å². The second-order valence-electron chi connectivity index (χ2n) is 4.87. The number of nitrogens with zero attached hydrogens (tertiary/aromatic N) is 3. The molecule has 2 rings (SSSR count). The van der Waals surface area contributed by atoms with Crippen molar-refractivity contribution in [2.75, 3.05) is 7.11 Å². The van der Waals surface area contributed by atoms with Crippen molar-refractivity contribution in [2.45, 2.75) is 26.7 Å². The predicted molar refractivity (Wildman–Crippen MR) is 74.1 cm³/mol. The molecule has 0 spiro atoms. The molecule has 1 unspecified atom stereocenters. The molecule has 0 saturated carbocycles. The van der Waals surface area contributed by atoms with Crippen molar-refractivity contribution in [1.82, 2.24) is 10.1 Å². The maximum Gasteiger partial charge on any atom is 0.227 e. The van der Waals surface area contributed by atoms with Crippen molar-refractivity contribution in [3.8, 4) is 23.2 Å². The molecule has 1 aromatic carbocycles. The van der Waals surface area contributed by atoms with Crippen LogP contribution in [0.4, 0.5) is 0 Å². The predicted octanol–water partition coefficient (Wildman–Crippen LogP) is 3.15.